The van der Waals surface area contributed by atoms with E-state index in [1.54, 1.807) is 11.1 Å². The van der Waals surface area contributed by atoms with Crippen LogP contribution in [0.1, 0.15) is 115 Å². The van der Waals surface area contributed by atoms with Gasteiger partial charge in [-0.1, -0.05) is 114 Å². The van der Waals surface area contributed by atoms with Crippen LogP contribution >= 0.6 is 22.9 Å². The molecule has 0 aliphatic heterocycles. The average molecular weight is 457 g/mol. The summed E-state index contributed by atoms with van der Waals surface area (Å²) in [4.78, 5) is 1.57. The number of unbranched alkanes of at least 4 members (excludes halogenated alkanes) is 15. The molecule has 0 amide bonds. The molecule has 0 unspecified atom stereocenters. The second-order valence-corrected chi connectivity index (χ2v) is 9.40. The van der Waals surface area contributed by atoms with Crippen LogP contribution < -0.4 is 0 Å². The van der Waals surface area contributed by atoms with Gasteiger partial charge in [0.1, 0.15) is 0 Å². The van der Waals surface area contributed by atoms with Gasteiger partial charge in [0.15, 0.2) is 0 Å². The normalized spacial score (nSPS) is 10.1. The Morgan fingerprint density at radius 3 is 1.53 bits per heavy atom. The van der Waals surface area contributed by atoms with Crippen LogP contribution in [0.4, 0.5) is 0 Å². The molecule has 174 valence electrons. The second kappa shape index (κ2) is 26.2. The molecule has 0 saturated carbocycles. The molecule has 2 rings (SSSR count). The van der Waals surface area contributed by atoms with E-state index in [0.717, 1.165) is 0 Å². The molecule has 6 heteroatoms. The van der Waals surface area contributed by atoms with Crippen molar-refractivity contribution in [3.63, 3.8) is 0 Å². The molecule has 0 spiro atoms. The van der Waals surface area contributed by atoms with Gasteiger partial charge in [-0.05, 0) is 35.8 Å². The molecule has 0 fully saturated rings. The summed E-state index contributed by atoms with van der Waals surface area (Å²) in [7, 11) is 0. The third-order valence-corrected chi connectivity index (χ3v) is 6.51. The van der Waals surface area contributed by atoms with Gasteiger partial charge < -0.3 is 0 Å². The lowest BCUT2D eigenvalue weighted by Gasteiger charge is -2.03. The number of aryl methyl sites for hydroxylation is 1. The zero-order valence-corrected chi connectivity index (χ0v) is 20.6. The summed E-state index contributed by atoms with van der Waals surface area (Å²) in [5, 5.41) is 19.5. The van der Waals surface area contributed by atoms with Crippen LogP contribution in [0.3, 0.4) is 0 Å². The van der Waals surface area contributed by atoms with Crippen molar-refractivity contribution in [3.8, 4) is 0 Å². The van der Waals surface area contributed by atoms with Crippen molar-refractivity contribution >= 4 is 22.9 Å². The number of rotatable bonds is 17. The van der Waals surface area contributed by atoms with Crippen LogP contribution in [0.25, 0.3) is 0 Å². The van der Waals surface area contributed by atoms with Crippen molar-refractivity contribution in [2.75, 3.05) is 0 Å². The first-order chi connectivity index (χ1) is 14.9. The summed E-state index contributed by atoms with van der Waals surface area (Å²) in [6.45, 7) is 2.30. The molecule has 0 bridgehead atoms. The first-order valence-corrected chi connectivity index (χ1v) is 13.6. The lowest BCUT2D eigenvalue weighted by molar-refractivity contribution is -0.176. The second-order valence-electron chi connectivity index (χ2n) is 7.72. The Morgan fingerprint density at radius 2 is 1.20 bits per heavy atom. The van der Waals surface area contributed by atoms with Crippen LogP contribution in [-0.2, 0) is 6.42 Å². The third-order valence-electron chi connectivity index (χ3n) is 5.14. The van der Waals surface area contributed by atoms with Crippen molar-refractivity contribution in [2.24, 2.45) is 0 Å². The minimum atomic E-state index is 1.30. The van der Waals surface area contributed by atoms with E-state index in [9.17, 15) is 0 Å². The van der Waals surface area contributed by atoms with Crippen LogP contribution in [0, 0.1) is 0 Å². The van der Waals surface area contributed by atoms with Gasteiger partial charge in [-0.2, -0.15) is 0 Å². The van der Waals surface area contributed by atoms with E-state index in [1.807, 2.05) is 16.7 Å². The van der Waals surface area contributed by atoms with E-state index in [1.165, 1.54) is 121 Å². The van der Waals surface area contributed by atoms with Crippen LogP contribution in [0.15, 0.2) is 29.1 Å². The molecule has 0 aliphatic rings. The monoisotopic (exact) mass is 456 g/mol. The summed E-state index contributed by atoms with van der Waals surface area (Å²) in [6.07, 6.45) is 26.2. The molecule has 4 nitrogen and oxygen atoms in total. The molecule has 2 N–H and O–H groups in total. The van der Waals surface area contributed by atoms with Crippen molar-refractivity contribution in [1.29, 1.82) is 0 Å². The lowest BCUT2D eigenvalue weighted by Crippen LogP contribution is -1.84. The Kier molecular flexibility index (Phi) is 25.5. The third kappa shape index (κ3) is 21.9. The molecular weight excluding hydrogens is 412 g/mol. The SMILES string of the molecule is CCCCCCCCCCCCCCCCCCc1cccs1.OO.c1csnn1. The molecule has 0 radical (unpaired) electrons. The van der Waals surface area contributed by atoms with Gasteiger partial charge >= 0.3 is 0 Å². The summed E-state index contributed by atoms with van der Waals surface area (Å²) in [6, 6.07) is 4.45. The van der Waals surface area contributed by atoms with E-state index in [4.69, 9.17) is 10.5 Å². The van der Waals surface area contributed by atoms with E-state index in [-0.39, 0.29) is 0 Å². The van der Waals surface area contributed by atoms with Crippen LogP contribution in [0.2, 0.25) is 0 Å². The molecule has 2 aromatic heterocycles. The number of hydrogen-bond acceptors (Lipinski definition) is 6. The highest BCUT2D eigenvalue weighted by Crippen LogP contribution is 2.16. The Bertz CT molecular complexity index is 476. The molecule has 0 aromatic carbocycles. The van der Waals surface area contributed by atoms with Gasteiger partial charge in [0.2, 0.25) is 0 Å². The van der Waals surface area contributed by atoms with Crippen molar-refractivity contribution in [3.05, 3.63) is 34.0 Å². The van der Waals surface area contributed by atoms with Gasteiger partial charge in [-0.3, -0.25) is 10.5 Å². The minimum absolute atomic E-state index is 1.30. The maximum Gasteiger partial charge on any atom is 0.0620 e. The molecule has 0 atom stereocenters. The molecule has 2 aromatic rings. The zero-order chi connectivity index (χ0) is 22.0. The van der Waals surface area contributed by atoms with Gasteiger partial charge in [0, 0.05) is 10.3 Å². The van der Waals surface area contributed by atoms with Gasteiger partial charge in [-0.25, -0.2) is 0 Å². The molecule has 0 saturated heterocycles. The van der Waals surface area contributed by atoms with Gasteiger partial charge in [0.05, 0.1) is 6.20 Å². The largest absolute Gasteiger partial charge is 0.255 e. The Morgan fingerprint density at radius 1 is 0.700 bits per heavy atom. The number of thiophene rings is 1. The molecular formula is C24H44N2O2S2. The topological polar surface area (TPSA) is 66.2 Å². The Hall–Kier alpha value is -0.820. The van der Waals surface area contributed by atoms with Crippen LogP contribution in [0.5, 0.6) is 0 Å². The molecule has 30 heavy (non-hydrogen) atoms. The Balaban J connectivity index is 0.00000102. The predicted molar refractivity (Wildman–Crippen MR) is 133 cm³/mol. The minimum Gasteiger partial charge on any atom is -0.255 e. The highest BCUT2D eigenvalue weighted by atomic mass is 32.1. The van der Waals surface area contributed by atoms with Gasteiger partial charge in [0.25, 0.3) is 0 Å². The molecule has 0 aliphatic carbocycles. The fourth-order valence-corrected chi connectivity index (χ4v) is 4.46. The maximum atomic E-state index is 6.00. The zero-order valence-electron chi connectivity index (χ0n) is 19.0. The summed E-state index contributed by atoms with van der Waals surface area (Å²) in [5.41, 5.74) is 0. The highest BCUT2D eigenvalue weighted by Gasteiger charge is 1.96. The van der Waals surface area contributed by atoms with E-state index >= 15 is 0 Å². The van der Waals surface area contributed by atoms with E-state index in [2.05, 4.69) is 34.0 Å². The maximum absolute atomic E-state index is 6.00. The number of nitrogens with zero attached hydrogens (tertiary/aromatic N) is 2. The number of aromatic nitrogens is 2. The smallest absolute Gasteiger partial charge is 0.0620 e. The lowest BCUT2D eigenvalue weighted by atomic mass is 10.0. The fourth-order valence-electron chi connectivity index (χ4n) is 3.44. The van der Waals surface area contributed by atoms with E-state index < -0.39 is 0 Å². The van der Waals surface area contributed by atoms with Crippen molar-refractivity contribution < 1.29 is 10.5 Å². The summed E-state index contributed by atoms with van der Waals surface area (Å²) in [5.74, 6) is 0. The summed E-state index contributed by atoms with van der Waals surface area (Å²) >= 11 is 3.26. The van der Waals surface area contributed by atoms with Crippen LogP contribution in [-0.4, -0.2) is 20.1 Å². The van der Waals surface area contributed by atoms with Gasteiger partial charge in [-0.15, -0.1) is 16.4 Å². The first kappa shape index (κ1) is 29.2. The number of hydrogen-bond donors (Lipinski definition) is 2. The van der Waals surface area contributed by atoms with Crippen molar-refractivity contribution in [2.45, 2.75) is 116 Å². The van der Waals surface area contributed by atoms with E-state index in [0.29, 0.717) is 0 Å². The first-order valence-electron chi connectivity index (χ1n) is 11.9. The molecule has 2 heterocycles. The Labute approximate surface area is 192 Å². The standard InChI is InChI=1S/C22H40S.C2H2N2S.H2O2/c1-2-3-4-5-6-7-8-9-10-11-12-13-14-15-16-17-19-22-20-18-21-23-22;1-2-5-4-3-1;1-2/h18,20-21H,2-17,19H2,1H3;1-2H;1-2H. The van der Waals surface area contributed by atoms with Crippen molar-refractivity contribution in [1.82, 2.24) is 9.59 Å². The average Bonchev–Trinajstić information content (AvgIpc) is 3.52. The fraction of sp³-hybridized carbons (Fsp3) is 0.750. The summed E-state index contributed by atoms with van der Waals surface area (Å²) < 4.78 is 3.51. The predicted octanol–water partition coefficient (Wildman–Crippen LogP) is 9.11. The highest BCUT2D eigenvalue weighted by molar-refractivity contribution is 7.09. The quantitative estimate of drug-likeness (QED) is 0.141.